The molecule has 0 radical (unpaired) electrons. The van der Waals surface area contributed by atoms with Crippen LogP contribution < -0.4 is 10.5 Å². The van der Waals surface area contributed by atoms with E-state index >= 15 is 0 Å². The quantitative estimate of drug-likeness (QED) is 0.867. The number of benzene rings is 1. The summed E-state index contributed by atoms with van der Waals surface area (Å²) in [4.78, 5) is 13.2. The van der Waals surface area contributed by atoms with Gasteiger partial charge in [0.1, 0.15) is 0 Å². The summed E-state index contributed by atoms with van der Waals surface area (Å²) in [5.41, 5.74) is 6.28. The lowest BCUT2D eigenvalue weighted by Crippen LogP contribution is -2.31. The molecule has 0 fully saturated rings. The Kier molecular flexibility index (Phi) is 5.09. The molecule has 1 atom stereocenters. The number of nitrogens with two attached hydrogens (primary N) is 1. The van der Waals surface area contributed by atoms with Crippen LogP contribution in [0, 0.1) is 5.82 Å². The molecule has 0 heterocycles. The molecule has 0 saturated heterocycles. The molecule has 1 rings (SSSR count). The summed E-state index contributed by atoms with van der Waals surface area (Å²) in [6, 6.07) is 4.48. The molecule has 0 aliphatic carbocycles. The highest BCUT2D eigenvalue weighted by molar-refractivity contribution is 5.76. The Morgan fingerprint density at radius 2 is 2.22 bits per heavy atom. The third-order valence-corrected chi connectivity index (χ3v) is 2.56. The van der Waals surface area contributed by atoms with E-state index in [0.29, 0.717) is 12.1 Å². The van der Waals surface area contributed by atoms with E-state index in [2.05, 4.69) is 0 Å². The molecule has 5 heteroatoms. The predicted molar refractivity (Wildman–Crippen MR) is 67.7 cm³/mol. The number of carbonyl (C=O) groups excluding carboxylic acids is 1. The Labute approximate surface area is 107 Å². The average Bonchev–Trinajstić information content (AvgIpc) is 2.28. The first-order valence-corrected chi connectivity index (χ1v) is 5.76. The van der Waals surface area contributed by atoms with Gasteiger partial charge in [-0.25, -0.2) is 4.39 Å². The maximum Gasteiger partial charge on any atom is 0.224 e. The lowest BCUT2D eigenvalue weighted by Gasteiger charge is -2.18. The fourth-order valence-corrected chi connectivity index (χ4v) is 1.60. The van der Waals surface area contributed by atoms with Crippen LogP contribution in [0.15, 0.2) is 18.2 Å². The van der Waals surface area contributed by atoms with Crippen LogP contribution in [0.2, 0.25) is 0 Å². The van der Waals surface area contributed by atoms with E-state index in [9.17, 15) is 9.18 Å². The summed E-state index contributed by atoms with van der Waals surface area (Å²) in [6.45, 7) is 2.13. The Hall–Kier alpha value is -1.62. The second kappa shape index (κ2) is 6.35. The molecule has 0 bridgehead atoms. The van der Waals surface area contributed by atoms with E-state index < -0.39 is 5.82 Å². The zero-order valence-electron chi connectivity index (χ0n) is 10.9. The van der Waals surface area contributed by atoms with Crippen LogP contribution in [-0.2, 0) is 11.3 Å². The summed E-state index contributed by atoms with van der Waals surface area (Å²) >= 11 is 0. The van der Waals surface area contributed by atoms with Crippen LogP contribution in [0.3, 0.4) is 0 Å². The molecule has 0 spiro atoms. The molecule has 0 aliphatic heterocycles. The lowest BCUT2D eigenvalue weighted by molar-refractivity contribution is -0.130. The molecule has 1 aromatic rings. The first-order valence-electron chi connectivity index (χ1n) is 5.76. The van der Waals surface area contributed by atoms with Gasteiger partial charge in [-0.1, -0.05) is 6.07 Å². The fraction of sp³-hybridized carbons (Fsp3) is 0.462. The average molecular weight is 254 g/mol. The Morgan fingerprint density at radius 1 is 1.56 bits per heavy atom. The summed E-state index contributed by atoms with van der Waals surface area (Å²) in [7, 11) is 3.09. The minimum atomic E-state index is -0.428. The van der Waals surface area contributed by atoms with Gasteiger partial charge in [-0.15, -0.1) is 0 Å². The van der Waals surface area contributed by atoms with Crippen molar-refractivity contribution in [3.63, 3.8) is 0 Å². The molecule has 0 aliphatic rings. The zero-order valence-corrected chi connectivity index (χ0v) is 10.9. The van der Waals surface area contributed by atoms with E-state index in [1.807, 2.05) is 0 Å². The molecule has 1 unspecified atom stereocenters. The molecule has 18 heavy (non-hydrogen) atoms. The van der Waals surface area contributed by atoms with Gasteiger partial charge >= 0.3 is 0 Å². The van der Waals surface area contributed by atoms with Gasteiger partial charge in [0.25, 0.3) is 0 Å². The highest BCUT2D eigenvalue weighted by Gasteiger charge is 2.12. The molecule has 4 nitrogen and oxygen atoms in total. The predicted octanol–water partition coefficient (Wildman–Crippen LogP) is 1.53. The molecule has 0 aromatic heterocycles. The molecular formula is C13H19FN2O2. The van der Waals surface area contributed by atoms with Gasteiger partial charge in [0.15, 0.2) is 11.6 Å². The lowest BCUT2D eigenvalue weighted by atomic mass is 10.1. The topological polar surface area (TPSA) is 55.6 Å². The number of ether oxygens (including phenoxy) is 1. The molecule has 100 valence electrons. The fourth-order valence-electron chi connectivity index (χ4n) is 1.60. The second-order valence-corrected chi connectivity index (χ2v) is 4.40. The van der Waals surface area contributed by atoms with E-state index in [1.54, 1.807) is 26.1 Å². The first-order chi connectivity index (χ1) is 8.43. The van der Waals surface area contributed by atoms with Crippen LogP contribution in [0.25, 0.3) is 0 Å². The van der Waals surface area contributed by atoms with Crippen molar-refractivity contribution in [3.05, 3.63) is 29.6 Å². The molecule has 1 aromatic carbocycles. The van der Waals surface area contributed by atoms with Gasteiger partial charge in [-0.2, -0.15) is 0 Å². The SMILES string of the molecule is COc1ccc(CN(C)C(=O)CC(C)N)cc1F. The minimum Gasteiger partial charge on any atom is -0.494 e. The van der Waals surface area contributed by atoms with Crippen molar-refractivity contribution in [1.82, 2.24) is 4.90 Å². The Bertz CT molecular complexity index is 421. The number of hydrogen-bond acceptors (Lipinski definition) is 3. The van der Waals surface area contributed by atoms with Crippen molar-refractivity contribution < 1.29 is 13.9 Å². The van der Waals surface area contributed by atoms with Gasteiger partial charge in [0.2, 0.25) is 5.91 Å². The van der Waals surface area contributed by atoms with Gasteiger partial charge in [0, 0.05) is 26.1 Å². The van der Waals surface area contributed by atoms with Gasteiger partial charge in [-0.3, -0.25) is 4.79 Å². The number of hydrogen-bond donors (Lipinski definition) is 1. The maximum absolute atomic E-state index is 13.5. The second-order valence-electron chi connectivity index (χ2n) is 4.40. The van der Waals surface area contributed by atoms with Crippen LogP contribution >= 0.6 is 0 Å². The van der Waals surface area contributed by atoms with Crippen molar-refractivity contribution in [1.29, 1.82) is 0 Å². The summed E-state index contributed by atoms with van der Waals surface area (Å²) in [5, 5.41) is 0. The van der Waals surface area contributed by atoms with E-state index in [1.165, 1.54) is 18.1 Å². The number of nitrogens with zero attached hydrogens (tertiary/aromatic N) is 1. The summed E-state index contributed by atoms with van der Waals surface area (Å²) in [6.07, 6.45) is 0.287. The van der Waals surface area contributed by atoms with E-state index in [-0.39, 0.29) is 24.1 Å². The smallest absolute Gasteiger partial charge is 0.224 e. The largest absolute Gasteiger partial charge is 0.494 e. The van der Waals surface area contributed by atoms with Gasteiger partial charge < -0.3 is 15.4 Å². The van der Waals surface area contributed by atoms with Gasteiger partial charge in [-0.05, 0) is 24.6 Å². The third-order valence-electron chi connectivity index (χ3n) is 2.56. The third kappa shape index (κ3) is 4.00. The van der Waals surface area contributed by atoms with Crippen molar-refractivity contribution >= 4 is 5.91 Å². The molecule has 1 amide bonds. The van der Waals surface area contributed by atoms with Crippen LogP contribution in [0.4, 0.5) is 4.39 Å². The van der Waals surface area contributed by atoms with Crippen molar-refractivity contribution in [3.8, 4) is 5.75 Å². The Balaban J connectivity index is 2.67. The van der Waals surface area contributed by atoms with E-state index in [4.69, 9.17) is 10.5 Å². The number of halogens is 1. The number of amides is 1. The molecule has 0 saturated carbocycles. The summed E-state index contributed by atoms with van der Waals surface area (Å²) < 4.78 is 18.3. The molecule has 2 N–H and O–H groups in total. The van der Waals surface area contributed by atoms with Crippen LogP contribution in [0.5, 0.6) is 5.75 Å². The van der Waals surface area contributed by atoms with Crippen molar-refractivity contribution in [2.75, 3.05) is 14.2 Å². The number of methoxy groups -OCH3 is 1. The number of carbonyl (C=O) groups is 1. The summed E-state index contributed by atoms with van der Waals surface area (Å²) in [5.74, 6) is -0.285. The van der Waals surface area contributed by atoms with Crippen molar-refractivity contribution in [2.24, 2.45) is 5.73 Å². The highest BCUT2D eigenvalue weighted by atomic mass is 19.1. The van der Waals surface area contributed by atoms with Crippen LogP contribution in [-0.4, -0.2) is 31.0 Å². The number of rotatable bonds is 5. The van der Waals surface area contributed by atoms with Gasteiger partial charge in [0.05, 0.1) is 7.11 Å². The maximum atomic E-state index is 13.5. The highest BCUT2D eigenvalue weighted by Crippen LogP contribution is 2.18. The standard InChI is InChI=1S/C13H19FN2O2/c1-9(15)6-13(17)16(2)8-10-4-5-12(18-3)11(14)7-10/h4-5,7,9H,6,8,15H2,1-3H3. The Morgan fingerprint density at radius 3 is 2.72 bits per heavy atom. The van der Waals surface area contributed by atoms with Crippen LogP contribution in [0.1, 0.15) is 18.9 Å². The zero-order chi connectivity index (χ0) is 13.7. The molecular weight excluding hydrogens is 235 g/mol. The minimum absolute atomic E-state index is 0.0544. The van der Waals surface area contributed by atoms with Crippen molar-refractivity contribution in [2.45, 2.75) is 25.9 Å². The first kappa shape index (κ1) is 14.4. The normalized spacial score (nSPS) is 12.1. The van der Waals surface area contributed by atoms with E-state index in [0.717, 1.165) is 0 Å². The monoisotopic (exact) mass is 254 g/mol.